The van der Waals surface area contributed by atoms with Gasteiger partial charge in [-0.2, -0.15) is 0 Å². The van der Waals surface area contributed by atoms with E-state index in [0.717, 1.165) is 12.8 Å². The predicted octanol–water partition coefficient (Wildman–Crippen LogP) is 2.40. The van der Waals surface area contributed by atoms with E-state index in [1.807, 2.05) is 0 Å². The van der Waals surface area contributed by atoms with Gasteiger partial charge in [0.2, 0.25) is 5.79 Å². The average Bonchev–Trinajstić information content (AvgIpc) is 3.24. The summed E-state index contributed by atoms with van der Waals surface area (Å²) < 4.78 is 17.4. The van der Waals surface area contributed by atoms with Gasteiger partial charge in [0.25, 0.3) is 0 Å². The summed E-state index contributed by atoms with van der Waals surface area (Å²) in [6.07, 6.45) is 2.95. The minimum Gasteiger partial charge on any atom is -0.453 e. The van der Waals surface area contributed by atoms with Gasteiger partial charge in [-0.1, -0.05) is 19.9 Å². The van der Waals surface area contributed by atoms with Gasteiger partial charge in [-0.25, -0.2) is 9.59 Å². The van der Waals surface area contributed by atoms with Crippen LogP contribution in [0, 0.1) is 11.3 Å². The number of allylic oxidation sites excluding steroid dienone is 1. The summed E-state index contributed by atoms with van der Waals surface area (Å²) in [7, 11) is 0. The maximum atomic E-state index is 12.6. The van der Waals surface area contributed by atoms with E-state index >= 15 is 0 Å². The Labute approximate surface area is 153 Å². The molecule has 142 valence electrons. The van der Waals surface area contributed by atoms with Crippen molar-refractivity contribution < 1.29 is 28.9 Å². The van der Waals surface area contributed by atoms with Crippen molar-refractivity contribution >= 4 is 11.9 Å². The lowest BCUT2D eigenvalue weighted by molar-refractivity contribution is -0.225. The quantitative estimate of drug-likeness (QED) is 0.461. The molecule has 1 spiro atoms. The molecule has 2 heterocycles. The average molecular weight is 362 g/mol. The normalized spacial score (nSPS) is 46.9. The number of hydrogen-bond acceptors (Lipinski definition) is 6. The zero-order valence-electron chi connectivity index (χ0n) is 15.9. The fourth-order valence-corrected chi connectivity index (χ4v) is 5.31. The molecule has 26 heavy (non-hydrogen) atoms. The molecule has 6 nitrogen and oxygen atoms in total. The molecular weight excluding hydrogens is 336 g/mol. The van der Waals surface area contributed by atoms with Gasteiger partial charge >= 0.3 is 11.9 Å². The van der Waals surface area contributed by atoms with E-state index < -0.39 is 34.8 Å². The number of ether oxygens (including phenoxy) is 3. The van der Waals surface area contributed by atoms with Crippen LogP contribution >= 0.6 is 0 Å². The Morgan fingerprint density at radius 2 is 2.08 bits per heavy atom. The molecular formula is C20H26O6. The SMILES string of the molecule is C/C=C(/C)C(=O)O[C@@H]1C2=C(C)C(=O)OC2(O)C[C@@]23O[C@@H]2CC[C@H](C)[C@@]13C. The van der Waals surface area contributed by atoms with Gasteiger partial charge in [0.15, 0.2) is 0 Å². The lowest BCUT2D eigenvalue weighted by Gasteiger charge is -2.54. The topological polar surface area (TPSA) is 85.4 Å². The van der Waals surface area contributed by atoms with E-state index in [2.05, 4.69) is 13.8 Å². The molecule has 0 radical (unpaired) electrons. The molecule has 0 aromatic heterocycles. The van der Waals surface area contributed by atoms with E-state index in [0.29, 0.717) is 16.7 Å². The van der Waals surface area contributed by atoms with Crippen LogP contribution in [0.5, 0.6) is 0 Å². The van der Waals surface area contributed by atoms with Gasteiger partial charge in [0.1, 0.15) is 11.7 Å². The van der Waals surface area contributed by atoms with Crippen molar-refractivity contribution in [2.24, 2.45) is 11.3 Å². The van der Waals surface area contributed by atoms with Crippen LogP contribution in [0.15, 0.2) is 22.8 Å². The van der Waals surface area contributed by atoms with Crippen molar-refractivity contribution in [1.82, 2.24) is 0 Å². The third kappa shape index (κ3) is 1.94. The predicted molar refractivity (Wildman–Crippen MR) is 91.8 cm³/mol. The summed E-state index contributed by atoms with van der Waals surface area (Å²) in [6.45, 7) is 9.27. The molecule has 0 aromatic rings. The van der Waals surface area contributed by atoms with Crippen molar-refractivity contribution in [3.05, 3.63) is 22.8 Å². The number of hydrogen-bond donors (Lipinski definition) is 1. The first-order valence-corrected chi connectivity index (χ1v) is 9.29. The number of aliphatic hydroxyl groups is 1. The summed E-state index contributed by atoms with van der Waals surface area (Å²) in [5.41, 5.74) is 0.0290. The first-order valence-electron chi connectivity index (χ1n) is 9.29. The molecule has 0 amide bonds. The third-order valence-corrected chi connectivity index (χ3v) is 7.29. The Morgan fingerprint density at radius 1 is 1.38 bits per heavy atom. The van der Waals surface area contributed by atoms with Crippen molar-refractivity contribution in [2.75, 3.05) is 0 Å². The number of fused-ring (bicyclic) bond motifs is 1. The summed E-state index contributed by atoms with van der Waals surface area (Å²) in [5, 5.41) is 11.2. The second-order valence-corrected chi connectivity index (χ2v) is 8.40. The molecule has 4 rings (SSSR count). The summed E-state index contributed by atoms with van der Waals surface area (Å²) in [5.74, 6) is -2.57. The van der Waals surface area contributed by atoms with Crippen LogP contribution in [0.25, 0.3) is 0 Å². The largest absolute Gasteiger partial charge is 0.453 e. The zero-order valence-corrected chi connectivity index (χ0v) is 15.9. The first-order chi connectivity index (χ1) is 12.1. The lowest BCUT2D eigenvalue weighted by atomic mass is 9.51. The van der Waals surface area contributed by atoms with Crippen molar-refractivity contribution in [3.63, 3.8) is 0 Å². The van der Waals surface area contributed by atoms with Crippen LogP contribution in [0.4, 0.5) is 0 Å². The Morgan fingerprint density at radius 3 is 2.73 bits per heavy atom. The van der Waals surface area contributed by atoms with E-state index in [4.69, 9.17) is 14.2 Å². The smallest absolute Gasteiger partial charge is 0.336 e. The molecule has 2 saturated carbocycles. The second kappa shape index (κ2) is 5.20. The molecule has 0 bridgehead atoms. The third-order valence-electron chi connectivity index (χ3n) is 7.29. The molecule has 6 heteroatoms. The van der Waals surface area contributed by atoms with Crippen molar-refractivity contribution in [2.45, 2.75) is 77.5 Å². The van der Waals surface area contributed by atoms with E-state index in [1.54, 1.807) is 26.8 Å². The van der Waals surface area contributed by atoms with Crippen LogP contribution in [-0.2, 0) is 23.8 Å². The summed E-state index contributed by atoms with van der Waals surface area (Å²) >= 11 is 0. The van der Waals surface area contributed by atoms with Crippen LogP contribution in [0.1, 0.15) is 53.9 Å². The van der Waals surface area contributed by atoms with Gasteiger partial charge in [-0.3, -0.25) is 0 Å². The summed E-state index contributed by atoms with van der Waals surface area (Å²) in [4.78, 5) is 24.8. The molecule has 6 atom stereocenters. The van der Waals surface area contributed by atoms with Crippen molar-refractivity contribution in [1.29, 1.82) is 0 Å². The molecule has 4 aliphatic rings. The number of carbonyl (C=O) groups is 2. The standard InChI is InChI=1S/C20H26O6/c1-6-10(2)16(21)24-15-14-12(4)17(22)26-20(14,23)9-19-13(25-19)8-7-11(3)18(15,19)5/h6,11,13,15,23H,7-9H2,1-5H3/b10-6-/t11-,13+,15+,18-,19+,20?/m0/s1. The Bertz CT molecular complexity index is 766. The Hall–Kier alpha value is -1.66. The van der Waals surface area contributed by atoms with E-state index in [1.165, 1.54) is 0 Å². The number of epoxide rings is 1. The van der Waals surface area contributed by atoms with Gasteiger partial charge in [0.05, 0.1) is 11.7 Å². The maximum Gasteiger partial charge on any atom is 0.336 e. The second-order valence-electron chi connectivity index (χ2n) is 8.40. The zero-order chi connectivity index (χ0) is 19.1. The fraction of sp³-hybridized carbons (Fsp3) is 0.700. The Kier molecular flexibility index (Phi) is 3.55. The van der Waals surface area contributed by atoms with Crippen LogP contribution < -0.4 is 0 Å². The number of esters is 2. The Balaban J connectivity index is 1.87. The van der Waals surface area contributed by atoms with Crippen LogP contribution in [0.3, 0.4) is 0 Å². The van der Waals surface area contributed by atoms with Gasteiger partial charge < -0.3 is 19.3 Å². The molecule has 1 N–H and O–H groups in total. The van der Waals surface area contributed by atoms with E-state index in [9.17, 15) is 14.7 Å². The number of carbonyl (C=O) groups excluding carboxylic acids is 2. The fourth-order valence-electron chi connectivity index (χ4n) is 5.31. The van der Waals surface area contributed by atoms with Crippen molar-refractivity contribution in [3.8, 4) is 0 Å². The molecule has 2 aliphatic heterocycles. The van der Waals surface area contributed by atoms with Gasteiger partial charge in [0, 0.05) is 23.0 Å². The highest BCUT2D eigenvalue weighted by molar-refractivity contribution is 5.93. The monoisotopic (exact) mass is 362 g/mol. The van der Waals surface area contributed by atoms with E-state index in [-0.39, 0.29) is 18.4 Å². The molecule has 1 saturated heterocycles. The first kappa shape index (κ1) is 17.7. The number of rotatable bonds is 2. The van der Waals surface area contributed by atoms with Crippen LogP contribution in [-0.4, -0.2) is 40.6 Å². The van der Waals surface area contributed by atoms with Gasteiger partial charge in [-0.15, -0.1) is 0 Å². The minimum absolute atomic E-state index is 0.00195. The lowest BCUT2D eigenvalue weighted by Crippen LogP contribution is -2.64. The molecule has 3 fully saturated rings. The molecule has 0 aromatic carbocycles. The molecule has 1 unspecified atom stereocenters. The van der Waals surface area contributed by atoms with Gasteiger partial charge in [-0.05, 0) is 39.5 Å². The highest BCUT2D eigenvalue weighted by Crippen LogP contribution is 2.70. The summed E-state index contributed by atoms with van der Waals surface area (Å²) in [6, 6.07) is 0. The molecule has 2 aliphatic carbocycles. The highest BCUT2D eigenvalue weighted by Gasteiger charge is 2.80. The maximum absolute atomic E-state index is 12.6. The highest BCUT2D eigenvalue weighted by atomic mass is 16.7. The minimum atomic E-state index is -1.76. The van der Waals surface area contributed by atoms with Crippen LogP contribution in [0.2, 0.25) is 0 Å².